The van der Waals surface area contributed by atoms with E-state index in [1.807, 2.05) is 20.8 Å². The maximum Gasteiger partial charge on any atom is 0.410 e. The predicted octanol–water partition coefficient (Wildman–Crippen LogP) is 1.64. The second-order valence-corrected chi connectivity index (χ2v) is 14.2. The Morgan fingerprint density at radius 1 is 0.898 bits per heavy atom. The van der Waals surface area contributed by atoms with Crippen molar-refractivity contribution in [3.05, 3.63) is 32.6 Å². The number of unbranched alkanes of at least 4 members (excludes halogenated alkanes) is 2. The smallest absolute Gasteiger partial charge is 0.410 e. The van der Waals surface area contributed by atoms with Gasteiger partial charge in [-0.2, -0.15) is 0 Å². The van der Waals surface area contributed by atoms with Crippen molar-refractivity contribution in [2.45, 2.75) is 129 Å². The SMILES string of the molecule is CCCCN(CCCCN(CCCNC(=O)CCn1cc([C@@H]2O[C@H](CO)[C@H](O)C2O)c(=O)[nH]c1=O)C(=O)OC(C)(C)C)C(=O)OC(C)(C)C. The number of hydrogen-bond donors (Lipinski definition) is 5. The molecule has 0 saturated carbocycles. The van der Waals surface area contributed by atoms with Crippen molar-refractivity contribution >= 4 is 18.1 Å². The molecule has 1 aliphatic heterocycles. The number of rotatable bonds is 17. The summed E-state index contributed by atoms with van der Waals surface area (Å²) in [5, 5.41) is 32.4. The number of aryl methyl sites for hydroxylation is 1. The number of aromatic amines is 1. The second kappa shape index (κ2) is 19.1. The number of H-pyrrole nitrogens is 1. The van der Waals surface area contributed by atoms with E-state index >= 15 is 0 Å². The van der Waals surface area contributed by atoms with Gasteiger partial charge in [-0.1, -0.05) is 13.3 Å². The van der Waals surface area contributed by atoms with Crippen molar-refractivity contribution in [3.8, 4) is 0 Å². The lowest BCUT2D eigenvalue weighted by Gasteiger charge is -2.29. The Bertz CT molecular complexity index is 1330. The molecule has 4 atom stereocenters. The van der Waals surface area contributed by atoms with Crippen LogP contribution in [0.25, 0.3) is 0 Å². The van der Waals surface area contributed by atoms with E-state index in [-0.39, 0.29) is 37.1 Å². The zero-order chi connectivity index (χ0) is 36.9. The first-order valence-corrected chi connectivity index (χ1v) is 17.1. The van der Waals surface area contributed by atoms with Crippen molar-refractivity contribution in [1.82, 2.24) is 24.7 Å². The fourth-order valence-corrected chi connectivity index (χ4v) is 5.06. The molecule has 0 aliphatic carbocycles. The minimum Gasteiger partial charge on any atom is -0.444 e. The highest BCUT2D eigenvalue weighted by molar-refractivity contribution is 5.75. The number of hydrogen-bond acceptors (Lipinski definition) is 11. The molecule has 2 heterocycles. The Morgan fingerprint density at radius 2 is 1.43 bits per heavy atom. The maximum atomic E-state index is 13.0. The van der Waals surface area contributed by atoms with Crippen molar-refractivity contribution in [2.75, 3.05) is 39.3 Å². The molecule has 0 bridgehead atoms. The first-order chi connectivity index (χ1) is 22.9. The summed E-state index contributed by atoms with van der Waals surface area (Å²) >= 11 is 0. The van der Waals surface area contributed by atoms with Crippen molar-refractivity contribution in [2.24, 2.45) is 0 Å². The molecule has 1 unspecified atom stereocenters. The van der Waals surface area contributed by atoms with Gasteiger partial charge in [0.1, 0.15) is 35.6 Å². The zero-order valence-corrected chi connectivity index (χ0v) is 30.0. The van der Waals surface area contributed by atoms with Gasteiger partial charge >= 0.3 is 17.9 Å². The van der Waals surface area contributed by atoms with Crippen molar-refractivity contribution in [3.63, 3.8) is 0 Å². The number of carbonyl (C=O) groups is 3. The summed E-state index contributed by atoms with van der Waals surface area (Å²) in [6.07, 6.45) is -1.55. The lowest BCUT2D eigenvalue weighted by Crippen LogP contribution is -2.40. The fraction of sp³-hybridized carbons (Fsp3) is 0.788. The molecule has 49 heavy (non-hydrogen) atoms. The van der Waals surface area contributed by atoms with Gasteiger partial charge in [0.15, 0.2) is 0 Å². The number of amides is 3. The quantitative estimate of drug-likeness (QED) is 0.148. The maximum absolute atomic E-state index is 13.0. The third-order valence-corrected chi connectivity index (χ3v) is 7.59. The number of nitrogens with zero attached hydrogens (tertiary/aromatic N) is 3. The number of nitrogens with one attached hydrogen (secondary N) is 2. The minimum absolute atomic E-state index is 0.0914. The molecular formula is C33H57N5O11. The molecule has 1 aromatic heterocycles. The zero-order valence-electron chi connectivity index (χ0n) is 30.0. The molecular weight excluding hydrogens is 642 g/mol. The Kier molecular flexibility index (Phi) is 16.2. The van der Waals surface area contributed by atoms with Gasteiger partial charge in [-0.3, -0.25) is 19.1 Å². The van der Waals surface area contributed by atoms with Crippen LogP contribution in [0, 0.1) is 0 Å². The molecule has 0 radical (unpaired) electrons. The van der Waals surface area contributed by atoms with Crippen LogP contribution in [0.1, 0.15) is 98.7 Å². The molecule has 1 aliphatic rings. The molecule has 1 fully saturated rings. The molecule has 0 aromatic carbocycles. The number of ether oxygens (including phenoxy) is 3. The molecule has 2 rings (SSSR count). The summed E-state index contributed by atoms with van der Waals surface area (Å²) in [6, 6.07) is 0. The second-order valence-electron chi connectivity index (χ2n) is 14.2. The fourth-order valence-electron chi connectivity index (χ4n) is 5.06. The van der Waals surface area contributed by atoms with Crippen LogP contribution < -0.4 is 16.6 Å². The van der Waals surface area contributed by atoms with Gasteiger partial charge in [0.25, 0.3) is 5.56 Å². The molecule has 3 amide bonds. The van der Waals surface area contributed by atoms with E-state index in [9.17, 15) is 39.3 Å². The number of aliphatic hydroxyl groups excluding tert-OH is 3. The van der Waals surface area contributed by atoms with Gasteiger partial charge < -0.3 is 44.6 Å². The topological polar surface area (TPSA) is 213 Å². The molecule has 16 heteroatoms. The molecule has 280 valence electrons. The summed E-state index contributed by atoms with van der Waals surface area (Å²) in [5.41, 5.74) is -2.99. The predicted molar refractivity (Wildman–Crippen MR) is 180 cm³/mol. The average molecular weight is 700 g/mol. The molecule has 5 N–H and O–H groups in total. The number of aliphatic hydroxyl groups is 3. The minimum atomic E-state index is -1.49. The molecule has 16 nitrogen and oxygen atoms in total. The van der Waals surface area contributed by atoms with Gasteiger partial charge in [-0.25, -0.2) is 14.4 Å². The van der Waals surface area contributed by atoms with Crippen molar-refractivity contribution < 1.29 is 43.9 Å². The summed E-state index contributed by atoms with van der Waals surface area (Å²) < 4.78 is 17.6. The monoisotopic (exact) mass is 699 g/mol. The van der Waals surface area contributed by atoms with E-state index in [1.54, 1.807) is 30.6 Å². The normalized spacial score (nSPS) is 19.4. The highest BCUT2D eigenvalue weighted by atomic mass is 16.6. The summed E-state index contributed by atoms with van der Waals surface area (Å²) in [4.78, 5) is 68.4. The van der Waals surface area contributed by atoms with E-state index in [1.165, 1.54) is 6.20 Å². The third kappa shape index (κ3) is 14.1. The Balaban J connectivity index is 1.91. The summed E-state index contributed by atoms with van der Waals surface area (Å²) in [6.45, 7) is 14.3. The van der Waals surface area contributed by atoms with Gasteiger partial charge in [0.2, 0.25) is 5.91 Å². The Morgan fingerprint density at radius 3 is 1.92 bits per heavy atom. The van der Waals surface area contributed by atoms with E-state index in [4.69, 9.17) is 14.2 Å². The summed E-state index contributed by atoms with van der Waals surface area (Å²) in [7, 11) is 0. The van der Waals surface area contributed by atoms with Crippen LogP contribution in [0.3, 0.4) is 0 Å². The van der Waals surface area contributed by atoms with E-state index in [2.05, 4.69) is 17.2 Å². The third-order valence-electron chi connectivity index (χ3n) is 7.59. The highest BCUT2D eigenvalue weighted by Gasteiger charge is 2.44. The van der Waals surface area contributed by atoms with Gasteiger partial charge in [0.05, 0.1) is 12.2 Å². The van der Waals surface area contributed by atoms with E-state index < -0.39 is 59.6 Å². The Hall–Kier alpha value is -3.47. The first-order valence-electron chi connectivity index (χ1n) is 17.1. The van der Waals surface area contributed by atoms with E-state index in [0.717, 1.165) is 17.4 Å². The van der Waals surface area contributed by atoms with Crippen LogP contribution >= 0.6 is 0 Å². The van der Waals surface area contributed by atoms with Gasteiger partial charge in [0, 0.05) is 51.9 Å². The molecule has 1 aromatic rings. The van der Waals surface area contributed by atoms with Crippen LogP contribution in [-0.4, -0.2) is 122 Å². The van der Waals surface area contributed by atoms with Gasteiger partial charge in [-0.15, -0.1) is 0 Å². The van der Waals surface area contributed by atoms with Crippen LogP contribution in [0.15, 0.2) is 15.8 Å². The largest absolute Gasteiger partial charge is 0.444 e. The average Bonchev–Trinajstić information content (AvgIpc) is 3.28. The van der Waals surface area contributed by atoms with Crippen molar-refractivity contribution in [1.29, 1.82) is 0 Å². The van der Waals surface area contributed by atoms with Crippen LogP contribution in [-0.2, 0) is 25.5 Å². The van der Waals surface area contributed by atoms with Crippen LogP contribution in [0.5, 0.6) is 0 Å². The highest BCUT2D eigenvalue weighted by Crippen LogP contribution is 2.31. The Labute approximate surface area is 287 Å². The lowest BCUT2D eigenvalue weighted by molar-refractivity contribution is -0.121. The van der Waals surface area contributed by atoms with Crippen LogP contribution in [0.4, 0.5) is 9.59 Å². The number of carbonyl (C=O) groups excluding carboxylic acids is 3. The standard InChI is InChI=1S/C33H57N5O11/c1-8-9-15-36(30(45)48-32(2,3)4)16-10-11-17-37(31(46)49-33(5,6)7)18-12-14-34-24(40)13-19-38-20-22(28(43)35-29(38)44)27-26(42)25(41)23(21-39)47-27/h20,23,25-27,39,41-42H,8-19,21H2,1-7H3,(H,34,40)(H,35,43,44)/t23-,25+,26?,27+/m1/s1. The van der Waals surface area contributed by atoms with Gasteiger partial charge in [-0.05, 0) is 67.2 Å². The molecule has 0 spiro atoms. The number of aromatic nitrogens is 2. The van der Waals surface area contributed by atoms with E-state index in [0.29, 0.717) is 45.4 Å². The van der Waals surface area contributed by atoms with Crippen LogP contribution in [0.2, 0.25) is 0 Å². The lowest BCUT2D eigenvalue weighted by atomic mass is 10.0. The molecule has 1 saturated heterocycles. The summed E-state index contributed by atoms with van der Waals surface area (Å²) in [5.74, 6) is -0.370. The first kappa shape index (κ1) is 41.7.